The largest absolute Gasteiger partial charge is 0.405 e. The Hall–Kier alpha value is -2.43. The molecule has 37 heavy (non-hydrogen) atoms. The van der Waals surface area contributed by atoms with Crippen LogP contribution in [0.15, 0.2) is 36.4 Å². The SMILES string of the molecule is Cc1cc(/C=C/C(c2cc(Cl)c(Cl)c(Cl)c2)C(F)(F)F)ccc1C(=O)NC(C)CC(=O)NCC(F)(F)F. The molecule has 0 saturated carbocycles. The highest BCUT2D eigenvalue weighted by molar-refractivity contribution is 6.48. The quantitative estimate of drug-likeness (QED) is 0.247. The van der Waals surface area contributed by atoms with Crippen LogP contribution in [0.3, 0.4) is 0 Å². The van der Waals surface area contributed by atoms with Crippen LogP contribution in [0.25, 0.3) is 6.08 Å². The van der Waals surface area contributed by atoms with E-state index in [0.717, 1.165) is 18.2 Å². The van der Waals surface area contributed by atoms with Gasteiger partial charge in [-0.25, -0.2) is 0 Å². The van der Waals surface area contributed by atoms with Crippen LogP contribution < -0.4 is 10.6 Å². The predicted molar refractivity (Wildman–Crippen MR) is 131 cm³/mol. The molecule has 0 aliphatic heterocycles. The Balaban J connectivity index is 2.13. The van der Waals surface area contributed by atoms with E-state index in [1.165, 1.54) is 31.2 Å². The number of hydrogen-bond donors (Lipinski definition) is 2. The molecule has 0 radical (unpaired) electrons. The van der Waals surface area contributed by atoms with Crippen LogP contribution in [0, 0.1) is 6.92 Å². The van der Waals surface area contributed by atoms with E-state index < -0.39 is 42.7 Å². The molecule has 2 aromatic carbocycles. The second kappa shape index (κ2) is 12.4. The van der Waals surface area contributed by atoms with Gasteiger partial charge in [-0.15, -0.1) is 0 Å². The summed E-state index contributed by atoms with van der Waals surface area (Å²) in [7, 11) is 0. The Morgan fingerprint density at radius 3 is 2.11 bits per heavy atom. The van der Waals surface area contributed by atoms with Gasteiger partial charge in [-0.3, -0.25) is 9.59 Å². The molecule has 0 aliphatic rings. The number of amides is 2. The first-order valence-electron chi connectivity index (χ1n) is 10.6. The van der Waals surface area contributed by atoms with Crippen molar-refractivity contribution >= 4 is 52.7 Å². The lowest BCUT2D eigenvalue weighted by Crippen LogP contribution is -2.40. The smallest absolute Gasteiger partial charge is 0.349 e. The minimum absolute atomic E-state index is 0.0577. The minimum atomic E-state index is -4.66. The van der Waals surface area contributed by atoms with E-state index in [4.69, 9.17) is 34.8 Å². The second-order valence-corrected chi connectivity index (χ2v) is 9.41. The van der Waals surface area contributed by atoms with Gasteiger partial charge in [0.15, 0.2) is 0 Å². The number of hydrogen-bond acceptors (Lipinski definition) is 2. The third-order valence-electron chi connectivity index (χ3n) is 5.05. The first-order valence-corrected chi connectivity index (χ1v) is 11.8. The highest BCUT2D eigenvalue weighted by atomic mass is 35.5. The Kier molecular flexibility index (Phi) is 10.3. The van der Waals surface area contributed by atoms with Gasteiger partial charge in [-0.05, 0) is 48.7 Å². The first kappa shape index (κ1) is 30.8. The fourth-order valence-electron chi connectivity index (χ4n) is 3.32. The van der Waals surface area contributed by atoms with Gasteiger partial charge in [0.05, 0.1) is 21.0 Å². The van der Waals surface area contributed by atoms with Crippen molar-refractivity contribution in [3.05, 3.63) is 73.7 Å². The summed E-state index contributed by atoms with van der Waals surface area (Å²) in [6, 6.07) is 5.70. The summed E-state index contributed by atoms with van der Waals surface area (Å²) in [6.45, 7) is 1.53. The van der Waals surface area contributed by atoms with Gasteiger partial charge in [0.2, 0.25) is 5.91 Å². The van der Waals surface area contributed by atoms with Crippen LogP contribution in [0.4, 0.5) is 26.3 Å². The van der Waals surface area contributed by atoms with E-state index >= 15 is 0 Å². The van der Waals surface area contributed by atoms with Crippen molar-refractivity contribution in [2.45, 2.75) is 44.6 Å². The number of carbonyl (C=O) groups excluding carboxylic acids is 2. The normalized spacial score (nSPS) is 13.9. The summed E-state index contributed by atoms with van der Waals surface area (Å²) < 4.78 is 77.8. The molecule has 2 rings (SSSR count). The predicted octanol–water partition coefficient (Wildman–Crippen LogP) is 7.50. The number of alkyl halides is 6. The van der Waals surface area contributed by atoms with Gasteiger partial charge in [-0.1, -0.05) is 59.1 Å². The van der Waals surface area contributed by atoms with Gasteiger partial charge in [-0.2, -0.15) is 26.3 Å². The van der Waals surface area contributed by atoms with Crippen LogP contribution in [-0.2, 0) is 4.79 Å². The standard InChI is InChI=1S/C24H21Cl3F6N2O2/c1-12-7-14(4-6-17(24(31,32)33)15-9-18(25)21(27)19(26)10-15)3-5-16(12)22(37)35-13(2)8-20(36)34-11-23(28,29)30/h3-7,9-10,13,17H,8,11H2,1-2H3,(H,34,36)(H,35,37)/b6-4+. The fourth-order valence-corrected chi connectivity index (χ4v) is 3.93. The molecule has 13 heteroatoms. The van der Waals surface area contributed by atoms with Crippen LogP contribution >= 0.6 is 34.8 Å². The number of allylic oxidation sites excluding steroid dienone is 1. The lowest BCUT2D eigenvalue weighted by Gasteiger charge is -2.18. The average molecular weight is 590 g/mol. The molecule has 0 bridgehead atoms. The number of nitrogens with one attached hydrogen (secondary N) is 2. The Morgan fingerprint density at radius 1 is 1.00 bits per heavy atom. The summed E-state index contributed by atoms with van der Waals surface area (Å²) in [4.78, 5) is 24.1. The van der Waals surface area contributed by atoms with Crippen molar-refractivity contribution in [1.82, 2.24) is 10.6 Å². The molecular weight excluding hydrogens is 569 g/mol. The molecule has 2 amide bonds. The van der Waals surface area contributed by atoms with Crippen molar-refractivity contribution in [2.24, 2.45) is 0 Å². The Morgan fingerprint density at radius 2 is 1.59 bits per heavy atom. The third kappa shape index (κ3) is 9.43. The topological polar surface area (TPSA) is 58.2 Å². The molecule has 0 saturated heterocycles. The molecule has 2 atom stereocenters. The summed E-state index contributed by atoms with van der Waals surface area (Å²) >= 11 is 17.6. The molecule has 0 fully saturated rings. The Bertz CT molecular complexity index is 1160. The molecule has 4 nitrogen and oxygen atoms in total. The average Bonchev–Trinajstić information content (AvgIpc) is 2.74. The lowest BCUT2D eigenvalue weighted by molar-refractivity contribution is -0.139. The van der Waals surface area contributed by atoms with Crippen molar-refractivity contribution in [2.75, 3.05) is 6.54 Å². The second-order valence-electron chi connectivity index (χ2n) is 8.22. The molecule has 2 aromatic rings. The molecule has 202 valence electrons. The van der Waals surface area contributed by atoms with Crippen LogP contribution in [-0.4, -0.2) is 36.8 Å². The molecule has 0 aliphatic carbocycles. The van der Waals surface area contributed by atoms with E-state index in [-0.39, 0.29) is 32.6 Å². The van der Waals surface area contributed by atoms with Crippen LogP contribution in [0.2, 0.25) is 15.1 Å². The summed E-state index contributed by atoms with van der Waals surface area (Å²) in [5, 5.41) is 3.92. The number of halogens is 9. The highest BCUT2D eigenvalue weighted by Crippen LogP contribution is 2.41. The van der Waals surface area contributed by atoms with Gasteiger partial charge in [0, 0.05) is 18.0 Å². The number of benzene rings is 2. The molecule has 2 unspecified atom stereocenters. The van der Waals surface area contributed by atoms with Gasteiger partial charge in [0.1, 0.15) is 6.54 Å². The minimum Gasteiger partial charge on any atom is -0.349 e. The number of aryl methyl sites for hydroxylation is 1. The van der Waals surface area contributed by atoms with Gasteiger partial charge >= 0.3 is 12.4 Å². The molecular formula is C24H21Cl3F6N2O2. The molecule has 0 heterocycles. The van der Waals surface area contributed by atoms with E-state index in [1.54, 1.807) is 12.2 Å². The van der Waals surface area contributed by atoms with E-state index in [9.17, 15) is 35.9 Å². The number of rotatable bonds is 8. The van der Waals surface area contributed by atoms with Gasteiger partial charge in [0.25, 0.3) is 5.91 Å². The molecule has 2 N–H and O–H groups in total. The maximum Gasteiger partial charge on any atom is 0.405 e. The Labute approximate surface area is 224 Å². The van der Waals surface area contributed by atoms with Crippen molar-refractivity contribution in [3.63, 3.8) is 0 Å². The van der Waals surface area contributed by atoms with E-state index in [0.29, 0.717) is 11.1 Å². The van der Waals surface area contributed by atoms with Crippen LogP contribution in [0.5, 0.6) is 0 Å². The maximum atomic E-state index is 13.7. The van der Waals surface area contributed by atoms with Gasteiger partial charge < -0.3 is 10.6 Å². The summed E-state index contributed by atoms with van der Waals surface area (Å²) in [5.74, 6) is -3.51. The third-order valence-corrected chi connectivity index (χ3v) is 6.25. The number of carbonyl (C=O) groups is 2. The summed E-state index contributed by atoms with van der Waals surface area (Å²) in [5.41, 5.74) is 0.774. The first-order chi connectivity index (χ1) is 17.0. The lowest BCUT2D eigenvalue weighted by atomic mass is 9.96. The fraction of sp³-hybridized carbons (Fsp3) is 0.333. The van der Waals surface area contributed by atoms with Crippen molar-refractivity contribution in [3.8, 4) is 0 Å². The van der Waals surface area contributed by atoms with E-state index in [2.05, 4.69) is 5.32 Å². The zero-order chi connectivity index (χ0) is 28.1. The zero-order valence-corrected chi connectivity index (χ0v) is 21.6. The maximum absolute atomic E-state index is 13.7. The monoisotopic (exact) mass is 588 g/mol. The highest BCUT2D eigenvalue weighted by Gasteiger charge is 2.39. The zero-order valence-electron chi connectivity index (χ0n) is 19.3. The van der Waals surface area contributed by atoms with E-state index in [1.807, 2.05) is 0 Å². The van der Waals surface area contributed by atoms with Crippen molar-refractivity contribution in [1.29, 1.82) is 0 Å². The molecule has 0 spiro atoms. The molecule has 0 aromatic heterocycles. The summed E-state index contributed by atoms with van der Waals surface area (Å²) in [6.07, 6.45) is -7.43. The van der Waals surface area contributed by atoms with Crippen LogP contribution in [0.1, 0.15) is 46.3 Å². The van der Waals surface area contributed by atoms with Crippen molar-refractivity contribution < 1.29 is 35.9 Å².